The first-order valence-electron chi connectivity index (χ1n) is 5.10. The monoisotopic (exact) mass is 228 g/mol. The summed E-state index contributed by atoms with van der Waals surface area (Å²) < 4.78 is 10.2. The third-order valence-electron chi connectivity index (χ3n) is 2.09. The minimum Gasteiger partial charge on any atom is -0.442 e. The van der Waals surface area contributed by atoms with Gasteiger partial charge in [0.15, 0.2) is 0 Å². The molecule has 1 aliphatic rings. The number of primary amides is 1. The van der Waals surface area contributed by atoms with Crippen molar-refractivity contribution in [3.8, 4) is 0 Å². The summed E-state index contributed by atoms with van der Waals surface area (Å²) in [5.41, 5.74) is 4.92. The van der Waals surface area contributed by atoms with E-state index < -0.39 is 18.1 Å². The normalized spacial score (nSPS) is 18.4. The van der Waals surface area contributed by atoms with Crippen molar-refractivity contribution in [2.24, 2.45) is 5.73 Å². The van der Waals surface area contributed by atoms with Gasteiger partial charge in [-0.15, -0.1) is 0 Å². The second-order valence-corrected chi connectivity index (χ2v) is 3.45. The lowest BCUT2D eigenvalue weighted by Crippen LogP contribution is -2.41. The smallest absolute Gasteiger partial charge is 0.410 e. The van der Waals surface area contributed by atoms with Crippen molar-refractivity contribution in [1.29, 1.82) is 0 Å². The summed E-state index contributed by atoms with van der Waals surface area (Å²) in [6, 6.07) is 0. The van der Waals surface area contributed by atoms with Crippen molar-refractivity contribution < 1.29 is 19.1 Å². The van der Waals surface area contributed by atoms with Gasteiger partial charge in [0.05, 0.1) is 13.2 Å². The first-order valence-corrected chi connectivity index (χ1v) is 5.10. The number of amides is 2. The molecular weight excluding hydrogens is 212 g/mol. The molecule has 2 amide bonds. The Labute approximate surface area is 94.0 Å². The molecule has 1 heterocycles. The van der Waals surface area contributed by atoms with Crippen molar-refractivity contribution in [3.63, 3.8) is 0 Å². The zero-order valence-electron chi connectivity index (χ0n) is 9.22. The Kier molecular flexibility index (Phi) is 4.78. The zero-order valence-corrected chi connectivity index (χ0v) is 9.22. The van der Waals surface area contributed by atoms with Gasteiger partial charge in [-0.25, -0.2) is 4.79 Å². The molecule has 2 N–H and O–H groups in total. The number of nitrogens with zero attached hydrogens (tertiary/aromatic N) is 1. The molecule has 1 atom stereocenters. The molecule has 1 aliphatic heterocycles. The summed E-state index contributed by atoms with van der Waals surface area (Å²) >= 11 is 0. The quantitative estimate of drug-likeness (QED) is 0.683. The van der Waals surface area contributed by atoms with E-state index in [1.807, 2.05) is 0 Å². The summed E-state index contributed by atoms with van der Waals surface area (Å²) in [4.78, 5) is 23.6. The molecule has 90 valence electrons. The topological polar surface area (TPSA) is 81.9 Å². The summed E-state index contributed by atoms with van der Waals surface area (Å²) in [5.74, 6) is -0.561. The average molecular weight is 228 g/mol. The molecule has 0 saturated carbocycles. The molecule has 0 aromatic heterocycles. The minimum absolute atomic E-state index is 0.398. The highest BCUT2D eigenvalue weighted by atomic mass is 16.6. The third kappa shape index (κ3) is 4.31. The Hall–Kier alpha value is -1.56. The Morgan fingerprint density at radius 2 is 2.06 bits per heavy atom. The molecule has 0 bridgehead atoms. The van der Waals surface area contributed by atoms with Crippen molar-refractivity contribution in [2.45, 2.75) is 13.0 Å². The van der Waals surface area contributed by atoms with Gasteiger partial charge in [-0.2, -0.15) is 0 Å². The van der Waals surface area contributed by atoms with E-state index in [9.17, 15) is 9.59 Å². The first-order chi connectivity index (χ1) is 7.59. The number of carbonyl (C=O) groups is 2. The van der Waals surface area contributed by atoms with Gasteiger partial charge in [0, 0.05) is 19.2 Å². The van der Waals surface area contributed by atoms with E-state index in [2.05, 4.69) is 0 Å². The maximum Gasteiger partial charge on any atom is 0.410 e. The standard InChI is InChI=1S/C10H16N2O4/c1-8(2-3-9(11)13)16-10(14)12-4-6-15-7-5-12/h2-3,8H,4-7H2,1H3,(H2,11,13)/b3-2-. The van der Waals surface area contributed by atoms with Crippen LogP contribution in [0.2, 0.25) is 0 Å². The molecule has 16 heavy (non-hydrogen) atoms. The fourth-order valence-corrected chi connectivity index (χ4v) is 1.25. The van der Waals surface area contributed by atoms with Crippen LogP contribution in [0.4, 0.5) is 4.79 Å². The van der Waals surface area contributed by atoms with E-state index in [1.165, 1.54) is 12.2 Å². The van der Waals surface area contributed by atoms with Crippen LogP contribution in [0.1, 0.15) is 6.92 Å². The molecule has 1 fully saturated rings. The Morgan fingerprint density at radius 3 is 2.62 bits per heavy atom. The van der Waals surface area contributed by atoms with Crippen LogP contribution in [0.5, 0.6) is 0 Å². The third-order valence-corrected chi connectivity index (χ3v) is 2.09. The van der Waals surface area contributed by atoms with Crippen LogP contribution in [0.15, 0.2) is 12.2 Å². The van der Waals surface area contributed by atoms with Crippen LogP contribution >= 0.6 is 0 Å². The summed E-state index contributed by atoms with van der Waals surface area (Å²) in [6.07, 6.45) is 1.76. The fraction of sp³-hybridized carbons (Fsp3) is 0.600. The van der Waals surface area contributed by atoms with E-state index in [4.69, 9.17) is 15.2 Å². The lowest BCUT2D eigenvalue weighted by atomic mass is 10.3. The van der Waals surface area contributed by atoms with Gasteiger partial charge >= 0.3 is 6.09 Å². The lowest BCUT2D eigenvalue weighted by Gasteiger charge is -2.26. The van der Waals surface area contributed by atoms with E-state index in [0.29, 0.717) is 26.3 Å². The van der Waals surface area contributed by atoms with Crippen molar-refractivity contribution in [3.05, 3.63) is 12.2 Å². The van der Waals surface area contributed by atoms with Crippen molar-refractivity contribution >= 4 is 12.0 Å². The van der Waals surface area contributed by atoms with Crippen LogP contribution in [0.25, 0.3) is 0 Å². The Bertz CT molecular complexity index is 285. The number of hydrogen-bond donors (Lipinski definition) is 1. The number of morpholine rings is 1. The van der Waals surface area contributed by atoms with Gasteiger partial charge in [0.2, 0.25) is 5.91 Å². The molecule has 0 radical (unpaired) electrons. The van der Waals surface area contributed by atoms with Crippen LogP contribution in [-0.4, -0.2) is 49.3 Å². The molecule has 0 aliphatic carbocycles. The number of hydrogen-bond acceptors (Lipinski definition) is 4. The molecule has 0 aromatic rings. The predicted octanol–water partition coefficient (Wildman–Crippen LogP) is -0.115. The first kappa shape index (κ1) is 12.5. The molecule has 1 unspecified atom stereocenters. The van der Waals surface area contributed by atoms with Gasteiger partial charge in [-0.05, 0) is 13.0 Å². The van der Waals surface area contributed by atoms with E-state index in [0.717, 1.165) is 0 Å². The second kappa shape index (κ2) is 6.12. The van der Waals surface area contributed by atoms with Gasteiger partial charge in [0.25, 0.3) is 0 Å². The molecule has 6 nitrogen and oxygen atoms in total. The van der Waals surface area contributed by atoms with Crippen LogP contribution in [0, 0.1) is 0 Å². The van der Waals surface area contributed by atoms with Crippen molar-refractivity contribution in [1.82, 2.24) is 4.90 Å². The lowest BCUT2D eigenvalue weighted by molar-refractivity contribution is -0.113. The van der Waals surface area contributed by atoms with Crippen LogP contribution in [-0.2, 0) is 14.3 Å². The molecule has 1 saturated heterocycles. The van der Waals surface area contributed by atoms with E-state index >= 15 is 0 Å². The largest absolute Gasteiger partial charge is 0.442 e. The zero-order chi connectivity index (χ0) is 12.0. The number of carbonyl (C=O) groups excluding carboxylic acids is 2. The summed E-state index contributed by atoms with van der Waals surface area (Å²) in [6.45, 7) is 3.79. The molecular formula is C10H16N2O4. The number of rotatable bonds is 3. The maximum absolute atomic E-state index is 11.6. The van der Waals surface area contributed by atoms with Gasteiger partial charge in [-0.1, -0.05) is 0 Å². The fourth-order valence-electron chi connectivity index (χ4n) is 1.25. The Balaban J connectivity index is 2.34. The second-order valence-electron chi connectivity index (χ2n) is 3.45. The maximum atomic E-state index is 11.6. The molecule has 0 spiro atoms. The highest BCUT2D eigenvalue weighted by Gasteiger charge is 2.19. The van der Waals surface area contributed by atoms with Crippen LogP contribution in [0.3, 0.4) is 0 Å². The minimum atomic E-state index is -0.561. The molecule has 0 aromatic carbocycles. The van der Waals surface area contributed by atoms with Crippen LogP contribution < -0.4 is 5.73 Å². The number of nitrogens with two attached hydrogens (primary N) is 1. The number of ether oxygens (including phenoxy) is 2. The molecule has 1 rings (SSSR count). The molecule has 6 heteroatoms. The Morgan fingerprint density at radius 1 is 1.44 bits per heavy atom. The summed E-state index contributed by atoms with van der Waals surface area (Å²) in [7, 11) is 0. The summed E-state index contributed by atoms with van der Waals surface area (Å²) in [5, 5.41) is 0. The van der Waals surface area contributed by atoms with Crippen molar-refractivity contribution in [2.75, 3.05) is 26.3 Å². The van der Waals surface area contributed by atoms with Gasteiger partial charge < -0.3 is 20.1 Å². The van der Waals surface area contributed by atoms with Gasteiger partial charge in [0.1, 0.15) is 6.10 Å². The predicted molar refractivity (Wildman–Crippen MR) is 56.7 cm³/mol. The van der Waals surface area contributed by atoms with E-state index in [1.54, 1.807) is 11.8 Å². The van der Waals surface area contributed by atoms with E-state index in [-0.39, 0.29) is 0 Å². The highest BCUT2D eigenvalue weighted by Crippen LogP contribution is 2.03. The SMILES string of the molecule is CC(/C=C\C(N)=O)OC(=O)N1CCOCC1. The van der Waals surface area contributed by atoms with Gasteiger partial charge in [-0.3, -0.25) is 4.79 Å². The highest BCUT2D eigenvalue weighted by molar-refractivity contribution is 5.85. The average Bonchev–Trinajstić information content (AvgIpc) is 2.27.